The third-order valence-electron chi connectivity index (χ3n) is 2.98. The number of nitrogens with one attached hydrogen (secondary N) is 1. The normalized spacial score (nSPS) is 10.3. The number of amides is 1. The lowest BCUT2D eigenvalue weighted by Crippen LogP contribution is -2.22. The highest BCUT2D eigenvalue weighted by Gasteiger charge is 2.08. The van der Waals surface area contributed by atoms with Gasteiger partial charge in [-0.05, 0) is 29.8 Å². The van der Waals surface area contributed by atoms with Crippen molar-refractivity contribution in [3.05, 3.63) is 72.4 Å². The molecule has 0 spiro atoms. The summed E-state index contributed by atoms with van der Waals surface area (Å²) in [6.45, 7) is 0.440. The fraction of sp³-hybridized carbons (Fsp3) is 0.0625. The average molecular weight is 279 g/mol. The molecule has 0 radical (unpaired) electrons. The van der Waals surface area contributed by atoms with Gasteiger partial charge >= 0.3 is 0 Å². The lowest BCUT2D eigenvalue weighted by molar-refractivity contribution is 0.0951. The van der Waals surface area contributed by atoms with Crippen molar-refractivity contribution < 1.29 is 9.21 Å². The van der Waals surface area contributed by atoms with Crippen LogP contribution in [-0.2, 0) is 6.54 Å². The van der Waals surface area contributed by atoms with Crippen molar-refractivity contribution >= 4 is 5.91 Å². The number of oxazole rings is 1. The molecule has 0 saturated carbocycles. The van der Waals surface area contributed by atoms with Crippen LogP contribution in [0.1, 0.15) is 15.9 Å². The van der Waals surface area contributed by atoms with Crippen molar-refractivity contribution in [2.45, 2.75) is 6.54 Å². The Morgan fingerprint density at radius 1 is 1.19 bits per heavy atom. The highest BCUT2D eigenvalue weighted by atomic mass is 16.3. The van der Waals surface area contributed by atoms with Gasteiger partial charge in [0.1, 0.15) is 6.26 Å². The number of nitrogens with zero attached hydrogens (tertiary/aromatic N) is 2. The van der Waals surface area contributed by atoms with E-state index in [9.17, 15) is 4.79 Å². The molecule has 0 aliphatic carbocycles. The van der Waals surface area contributed by atoms with Crippen LogP contribution < -0.4 is 5.32 Å². The molecule has 0 bridgehead atoms. The second-order valence-corrected chi connectivity index (χ2v) is 4.46. The summed E-state index contributed by atoms with van der Waals surface area (Å²) in [6.07, 6.45) is 6.50. The zero-order chi connectivity index (χ0) is 14.5. The zero-order valence-corrected chi connectivity index (χ0v) is 11.2. The molecule has 3 aromatic rings. The van der Waals surface area contributed by atoms with E-state index in [1.807, 2.05) is 18.2 Å². The second kappa shape index (κ2) is 6.00. The molecule has 1 aromatic carbocycles. The second-order valence-electron chi connectivity index (χ2n) is 4.46. The molecular weight excluding hydrogens is 266 g/mol. The van der Waals surface area contributed by atoms with E-state index in [0.29, 0.717) is 18.0 Å². The van der Waals surface area contributed by atoms with Crippen molar-refractivity contribution in [2.75, 3.05) is 0 Å². The van der Waals surface area contributed by atoms with Gasteiger partial charge in [0.2, 0.25) is 5.89 Å². The lowest BCUT2D eigenvalue weighted by Gasteiger charge is -2.06. The molecule has 0 fully saturated rings. The number of aromatic nitrogens is 2. The van der Waals surface area contributed by atoms with Gasteiger partial charge in [-0.15, -0.1) is 0 Å². The third-order valence-corrected chi connectivity index (χ3v) is 2.98. The molecule has 0 unspecified atom stereocenters. The number of carbonyl (C=O) groups excluding carboxylic acids is 1. The largest absolute Gasteiger partial charge is 0.445 e. The number of rotatable bonds is 4. The minimum atomic E-state index is -0.146. The predicted molar refractivity (Wildman–Crippen MR) is 77.3 cm³/mol. The summed E-state index contributed by atoms with van der Waals surface area (Å²) < 4.78 is 5.23. The molecule has 1 amide bonds. The summed E-state index contributed by atoms with van der Waals surface area (Å²) in [7, 11) is 0. The van der Waals surface area contributed by atoms with Gasteiger partial charge in [-0.2, -0.15) is 0 Å². The van der Waals surface area contributed by atoms with Crippen LogP contribution in [0, 0.1) is 0 Å². The summed E-state index contributed by atoms with van der Waals surface area (Å²) in [5.74, 6) is 0.351. The monoisotopic (exact) mass is 279 g/mol. The molecule has 2 heterocycles. The van der Waals surface area contributed by atoms with E-state index in [1.165, 1.54) is 6.26 Å². The van der Waals surface area contributed by atoms with Gasteiger partial charge in [0.15, 0.2) is 0 Å². The van der Waals surface area contributed by atoms with Crippen LogP contribution in [-0.4, -0.2) is 15.9 Å². The van der Waals surface area contributed by atoms with Crippen LogP contribution in [0.4, 0.5) is 0 Å². The molecule has 1 N–H and O–H groups in total. The standard InChI is InChI=1S/C16H13N3O2/c20-15(19-11-12-3-2-6-17-10-12)13-4-1-5-14(9-13)16-18-7-8-21-16/h1-10H,11H2,(H,19,20). The van der Waals surface area contributed by atoms with Gasteiger partial charge < -0.3 is 9.73 Å². The molecule has 3 rings (SSSR count). The molecule has 0 atom stereocenters. The quantitative estimate of drug-likeness (QED) is 0.797. The highest BCUT2D eigenvalue weighted by molar-refractivity contribution is 5.95. The number of hydrogen-bond acceptors (Lipinski definition) is 4. The van der Waals surface area contributed by atoms with Crippen LogP contribution >= 0.6 is 0 Å². The smallest absolute Gasteiger partial charge is 0.251 e. The van der Waals surface area contributed by atoms with Crippen LogP contribution in [0.25, 0.3) is 11.5 Å². The Kier molecular flexibility index (Phi) is 3.73. The van der Waals surface area contributed by atoms with Gasteiger partial charge in [-0.25, -0.2) is 4.98 Å². The molecule has 21 heavy (non-hydrogen) atoms. The minimum Gasteiger partial charge on any atom is -0.445 e. The first-order valence-electron chi connectivity index (χ1n) is 6.50. The van der Waals surface area contributed by atoms with Crippen molar-refractivity contribution in [3.8, 4) is 11.5 Å². The molecule has 5 nitrogen and oxygen atoms in total. The van der Waals surface area contributed by atoms with Crippen molar-refractivity contribution in [1.29, 1.82) is 0 Å². The van der Waals surface area contributed by atoms with Crippen molar-refractivity contribution in [3.63, 3.8) is 0 Å². The Morgan fingerprint density at radius 2 is 2.14 bits per heavy atom. The summed E-state index contributed by atoms with van der Waals surface area (Å²) in [5.41, 5.74) is 2.29. The first-order valence-corrected chi connectivity index (χ1v) is 6.50. The Morgan fingerprint density at radius 3 is 2.90 bits per heavy atom. The molecule has 0 aliphatic heterocycles. The number of hydrogen-bond donors (Lipinski definition) is 1. The summed E-state index contributed by atoms with van der Waals surface area (Å²) in [5, 5.41) is 2.86. The van der Waals surface area contributed by atoms with Gasteiger partial charge in [0, 0.05) is 30.1 Å². The molecule has 5 heteroatoms. The fourth-order valence-electron chi connectivity index (χ4n) is 1.95. The minimum absolute atomic E-state index is 0.146. The van der Waals surface area contributed by atoms with E-state index in [1.54, 1.807) is 36.8 Å². The first-order chi connectivity index (χ1) is 10.3. The lowest BCUT2D eigenvalue weighted by atomic mass is 10.1. The van der Waals surface area contributed by atoms with E-state index in [-0.39, 0.29) is 5.91 Å². The first kappa shape index (κ1) is 13.1. The van der Waals surface area contributed by atoms with E-state index < -0.39 is 0 Å². The molecule has 0 aliphatic rings. The van der Waals surface area contributed by atoms with Crippen LogP contribution in [0.5, 0.6) is 0 Å². The Balaban J connectivity index is 1.72. The summed E-state index contributed by atoms with van der Waals surface area (Å²) in [4.78, 5) is 20.2. The molecule has 104 valence electrons. The maximum Gasteiger partial charge on any atom is 0.251 e. The highest BCUT2D eigenvalue weighted by Crippen LogP contribution is 2.18. The van der Waals surface area contributed by atoms with E-state index in [4.69, 9.17) is 4.42 Å². The van der Waals surface area contributed by atoms with E-state index in [2.05, 4.69) is 15.3 Å². The third kappa shape index (κ3) is 3.14. The predicted octanol–water partition coefficient (Wildman–Crippen LogP) is 2.67. The maximum atomic E-state index is 12.2. The van der Waals surface area contributed by atoms with Gasteiger partial charge in [-0.1, -0.05) is 12.1 Å². The molecular formula is C16H13N3O2. The average Bonchev–Trinajstić information content (AvgIpc) is 3.08. The van der Waals surface area contributed by atoms with Crippen LogP contribution in [0.15, 0.2) is 65.7 Å². The number of pyridine rings is 1. The topological polar surface area (TPSA) is 68.0 Å². The summed E-state index contributed by atoms with van der Waals surface area (Å²) in [6, 6.07) is 10.9. The summed E-state index contributed by atoms with van der Waals surface area (Å²) >= 11 is 0. The fourth-order valence-corrected chi connectivity index (χ4v) is 1.95. The van der Waals surface area contributed by atoms with E-state index >= 15 is 0 Å². The van der Waals surface area contributed by atoms with E-state index in [0.717, 1.165) is 11.1 Å². The van der Waals surface area contributed by atoms with Crippen LogP contribution in [0.2, 0.25) is 0 Å². The molecule has 0 saturated heterocycles. The van der Waals surface area contributed by atoms with Gasteiger partial charge in [-0.3, -0.25) is 9.78 Å². The SMILES string of the molecule is O=C(NCc1cccnc1)c1cccc(-c2ncco2)c1. The number of benzene rings is 1. The zero-order valence-electron chi connectivity index (χ0n) is 11.2. The number of carbonyl (C=O) groups is 1. The molecule has 2 aromatic heterocycles. The maximum absolute atomic E-state index is 12.2. The Hall–Kier alpha value is -2.95. The Labute approximate surface area is 121 Å². The van der Waals surface area contributed by atoms with Crippen molar-refractivity contribution in [1.82, 2.24) is 15.3 Å². The van der Waals surface area contributed by atoms with Crippen molar-refractivity contribution in [2.24, 2.45) is 0 Å². The Bertz CT molecular complexity index is 724. The van der Waals surface area contributed by atoms with Gasteiger partial charge in [0.25, 0.3) is 5.91 Å². The van der Waals surface area contributed by atoms with Crippen LogP contribution in [0.3, 0.4) is 0 Å². The van der Waals surface area contributed by atoms with Gasteiger partial charge in [0.05, 0.1) is 6.20 Å².